The SMILES string of the molecule is CC1(C)c2ccccc2-c2ccc(Nc3ccc(-c4cccc5c4-c4ccccc4C5(C)C)cc3)cc21. The summed E-state index contributed by atoms with van der Waals surface area (Å²) >= 11 is 0. The smallest absolute Gasteiger partial charge is 0.0387 e. The predicted molar refractivity (Wildman–Crippen MR) is 157 cm³/mol. The Morgan fingerprint density at radius 3 is 1.73 bits per heavy atom. The molecule has 5 aromatic rings. The lowest BCUT2D eigenvalue weighted by molar-refractivity contribution is 0.660. The molecule has 0 saturated heterocycles. The Bertz CT molecular complexity index is 1690. The zero-order chi connectivity index (χ0) is 25.4. The maximum absolute atomic E-state index is 3.66. The molecular formula is C36H31N. The van der Waals surface area contributed by atoms with E-state index in [4.69, 9.17) is 0 Å². The number of fused-ring (bicyclic) bond motifs is 6. The van der Waals surface area contributed by atoms with Crippen LogP contribution in [0, 0.1) is 0 Å². The zero-order valence-electron chi connectivity index (χ0n) is 21.9. The molecule has 7 rings (SSSR count). The van der Waals surface area contributed by atoms with Gasteiger partial charge in [0.2, 0.25) is 0 Å². The lowest BCUT2D eigenvalue weighted by Gasteiger charge is -2.22. The predicted octanol–water partition coefficient (Wildman–Crippen LogP) is 9.71. The average molecular weight is 478 g/mol. The van der Waals surface area contributed by atoms with E-state index in [2.05, 4.69) is 142 Å². The van der Waals surface area contributed by atoms with Crippen LogP contribution >= 0.6 is 0 Å². The van der Waals surface area contributed by atoms with Crippen molar-refractivity contribution in [3.63, 3.8) is 0 Å². The Balaban J connectivity index is 1.22. The van der Waals surface area contributed by atoms with Crippen molar-refractivity contribution in [2.75, 3.05) is 5.32 Å². The van der Waals surface area contributed by atoms with Crippen LogP contribution in [-0.2, 0) is 10.8 Å². The molecular weight excluding hydrogens is 446 g/mol. The van der Waals surface area contributed by atoms with Gasteiger partial charge in [-0.2, -0.15) is 0 Å². The van der Waals surface area contributed by atoms with Gasteiger partial charge in [-0.1, -0.05) is 113 Å². The van der Waals surface area contributed by atoms with E-state index in [1.807, 2.05) is 0 Å². The van der Waals surface area contributed by atoms with Gasteiger partial charge in [0.15, 0.2) is 0 Å². The average Bonchev–Trinajstić information content (AvgIpc) is 3.29. The van der Waals surface area contributed by atoms with Crippen LogP contribution in [0.2, 0.25) is 0 Å². The fourth-order valence-electron chi connectivity index (χ4n) is 6.68. The maximum Gasteiger partial charge on any atom is 0.0387 e. The van der Waals surface area contributed by atoms with E-state index in [1.165, 1.54) is 55.6 Å². The van der Waals surface area contributed by atoms with Crippen LogP contribution in [0.4, 0.5) is 11.4 Å². The third kappa shape index (κ3) is 3.17. The molecule has 5 aromatic carbocycles. The first-order valence-corrected chi connectivity index (χ1v) is 13.2. The minimum absolute atomic E-state index is 0.00519. The van der Waals surface area contributed by atoms with Gasteiger partial charge in [0, 0.05) is 22.2 Å². The Labute approximate surface area is 219 Å². The van der Waals surface area contributed by atoms with E-state index < -0.39 is 0 Å². The third-order valence-corrected chi connectivity index (χ3v) is 8.68. The maximum atomic E-state index is 3.66. The van der Waals surface area contributed by atoms with E-state index in [0.717, 1.165) is 11.4 Å². The van der Waals surface area contributed by atoms with Crippen LogP contribution in [0.15, 0.2) is 109 Å². The summed E-state index contributed by atoms with van der Waals surface area (Å²) in [7, 11) is 0. The van der Waals surface area contributed by atoms with Crippen molar-refractivity contribution in [2.45, 2.75) is 38.5 Å². The second kappa shape index (κ2) is 7.70. The van der Waals surface area contributed by atoms with Crippen molar-refractivity contribution in [3.8, 4) is 33.4 Å². The van der Waals surface area contributed by atoms with Crippen LogP contribution in [0.5, 0.6) is 0 Å². The molecule has 0 aliphatic heterocycles. The Kier molecular flexibility index (Phi) is 4.60. The highest BCUT2D eigenvalue weighted by atomic mass is 14.9. The summed E-state index contributed by atoms with van der Waals surface area (Å²) in [6.07, 6.45) is 0. The van der Waals surface area contributed by atoms with Crippen LogP contribution in [-0.4, -0.2) is 0 Å². The molecule has 0 spiro atoms. The number of rotatable bonds is 3. The molecule has 2 aliphatic rings. The first-order chi connectivity index (χ1) is 17.9. The largest absolute Gasteiger partial charge is 0.356 e. The first kappa shape index (κ1) is 22.1. The van der Waals surface area contributed by atoms with Gasteiger partial charge in [0.05, 0.1) is 0 Å². The summed E-state index contributed by atoms with van der Waals surface area (Å²) in [5.41, 5.74) is 15.9. The second-order valence-electron chi connectivity index (χ2n) is 11.5. The minimum Gasteiger partial charge on any atom is -0.356 e. The van der Waals surface area contributed by atoms with Gasteiger partial charge in [-0.25, -0.2) is 0 Å². The van der Waals surface area contributed by atoms with Crippen molar-refractivity contribution in [2.24, 2.45) is 0 Å². The molecule has 1 nitrogen and oxygen atoms in total. The summed E-state index contributed by atoms with van der Waals surface area (Å²) in [6.45, 7) is 9.33. The molecule has 0 radical (unpaired) electrons. The zero-order valence-corrected chi connectivity index (χ0v) is 21.9. The topological polar surface area (TPSA) is 12.0 Å². The highest BCUT2D eigenvalue weighted by molar-refractivity contribution is 5.92. The van der Waals surface area contributed by atoms with E-state index in [9.17, 15) is 0 Å². The summed E-state index contributed by atoms with van der Waals surface area (Å²) in [5.74, 6) is 0. The van der Waals surface area contributed by atoms with E-state index in [-0.39, 0.29) is 10.8 Å². The monoisotopic (exact) mass is 477 g/mol. The Morgan fingerprint density at radius 2 is 0.973 bits per heavy atom. The molecule has 0 fully saturated rings. The summed E-state index contributed by atoms with van der Waals surface area (Å²) in [6, 6.07) is 40.1. The molecule has 0 aromatic heterocycles. The summed E-state index contributed by atoms with van der Waals surface area (Å²) in [5, 5.41) is 3.66. The molecule has 0 unspecified atom stereocenters. The van der Waals surface area contributed by atoms with Crippen LogP contribution in [0.25, 0.3) is 33.4 Å². The summed E-state index contributed by atoms with van der Waals surface area (Å²) in [4.78, 5) is 0. The van der Waals surface area contributed by atoms with Crippen molar-refractivity contribution >= 4 is 11.4 Å². The number of anilines is 2. The van der Waals surface area contributed by atoms with Crippen molar-refractivity contribution in [3.05, 3.63) is 131 Å². The quantitative estimate of drug-likeness (QED) is 0.273. The lowest BCUT2D eigenvalue weighted by atomic mass is 9.82. The molecule has 2 aliphatic carbocycles. The van der Waals surface area contributed by atoms with Gasteiger partial charge < -0.3 is 5.32 Å². The van der Waals surface area contributed by atoms with Gasteiger partial charge >= 0.3 is 0 Å². The lowest BCUT2D eigenvalue weighted by Crippen LogP contribution is -2.15. The van der Waals surface area contributed by atoms with Crippen molar-refractivity contribution < 1.29 is 0 Å². The standard InChI is InChI=1S/C36H31N/c1-35(2)31-14-8-6-11-29(31)34-26(12-9-15-32(34)35)23-16-18-24(19-17-23)37-25-20-21-28-27-10-5-7-13-30(27)36(3,4)33(28)22-25/h5-22,37H,1-4H3. The first-order valence-electron chi connectivity index (χ1n) is 13.2. The number of nitrogens with one attached hydrogen (secondary N) is 1. The molecule has 0 atom stereocenters. The van der Waals surface area contributed by atoms with Gasteiger partial charge in [0.25, 0.3) is 0 Å². The Hall–Kier alpha value is -4.10. The number of hydrogen-bond acceptors (Lipinski definition) is 1. The van der Waals surface area contributed by atoms with Gasteiger partial charge in [0.1, 0.15) is 0 Å². The molecule has 0 bridgehead atoms. The van der Waals surface area contributed by atoms with Crippen LogP contribution in [0.3, 0.4) is 0 Å². The van der Waals surface area contributed by atoms with Crippen molar-refractivity contribution in [1.29, 1.82) is 0 Å². The molecule has 0 amide bonds. The van der Waals surface area contributed by atoms with Crippen molar-refractivity contribution in [1.82, 2.24) is 0 Å². The highest BCUT2D eigenvalue weighted by Crippen LogP contribution is 2.52. The van der Waals surface area contributed by atoms with Gasteiger partial charge in [-0.3, -0.25) is 0 Å². The molecule has 0 saturated carbocycles. The Morgan fingerprint density at radius 1 is 0.432 bits per heavy atom. The normalized spacial score (nSPS) is 15.5. The molecule has 180 valence electrons. The van der Waals surface area contributed by atoms with Crippen LogP contribution < -0.4 is 5.32 Å². The highest BCUT2D eigenvalue weighted by Gasteiger charge is 2.37. The van der Waals surface area contributed by atoms with E-state index in [1.54, 1.807) is 0 Å². The fraction of sp³-hybridized carbons (Fsp3) is 0.167. The fourth-order valence-corrected chi connectivity index (χ4v) is 6.68. The van der Waals surface area contributed by atoms with E-state index in [0.29, 0.717) is 0 Å². The molecule has 1 N–H and O–H groups in total. The van der Waals surface area contributed by atoms with Crippen LogP contribution in [0.1, 0.15) is 49.9 Å². The molecule has 0 heterocycles. The summed E-state index contributed by atoms with van der Waals surface area (Å²) < 4.78 is 0. The van der Waals surface area contributed by atoms with E-state index >= 15 is 0 Å². The number of hydrogen-bond donors (Lipinski definition) is 1. The minimum atomic E-state index is 0.00519. The van der Waals surface area contributed by atoms with Gasteiger partial charge in [-0.05, 0) is 79.9 Å². The molecule has 37 heavy (non-hydrogen) atoms. The molecule has 1 heteroatoms. The van der Waals surface area contributed by atoms with Gasteiger partial charge in [-0.15, -0.1) is 0 Å². The number of benzene rings is 5. The third-order valence-electron chi connectivity index (χ3n) is 8.68. The second-order valence-corrected chi connectivity index (χ2v) is 11.5.